The Kier molecular flexibility index (Phi) is 3.79. The molecule has 0 aromatic heterocycles. The molecule has 15 heavy (non-hydrogen) atoms. The Bertz CT molecular complexity index is 377. The van der Waals surface area contributed by atoms with E-state index in [4.69, 9.17) is 11.5 Å². The highest BCUT2D eigenvalue weighted by atomic mass is 19.1. The van der Waals surface area contributed by atoms with E-state index in [1.54, 1.807) is 12.1 Å². The van der Waals surface area contributed by atoms with Crippen LogP contribution in [0.15, 0.2) is 34.5 Å². The standard InChI is InChI=1S/C10H13FN4/c1-2-9(14-15-10(12)13)7-3-5-8(11)6-4-7/h3-6H,2H2,1H3,(H4,12,13,15)/b14-9+. The van der Waals surface area contributed by atoms with E-state index in [1.165, 1.54) is 12.1 Å². The van der Waals surface area contributed by atoms with Crippen LogP contribution in [0.2, 0.25) is 0 Å². The molecule has 0 bridgehead atoms. The van der Waals surface area contributed by atoms with E-state index in [9.17, 15) is 4.39 Å². The van der Waals surface area contributed by atoms with Crippen LogP contribution in [-0.4, -0.2) is 11.7 Å². The summed E-state index contributed by atoms with van der Waals surface area (Å²) in [6.45, 7) is 1.92. The maximum atomic E-state index is 12.7. The van der Waals surface area contributed by atoms with Crippen LogP contribution in [0.5, 0.6) is 0 Å². The van der Waals surface area contributed by atoms with Gasteiger partial charge in [0.05, 0.1) is 5.71 Å². The predicted molar refractivity (Wildman–Crippen MR) is 59.0 cm³/mol. The topological polar surface area (TPSA) is 76.8 Å². The lowest BCUT2D eigenvalue weighted by Crippen LogP contribution is -2.22. The lowest BCUT2D eigenvalue weighted by atomic mass is 10.1. The first-order valence-electron chi connectivity index (χ1n) is 4.55. The van der Waals surface area contributed by atoms with Crippen molar-refractivity contribution in [2.24, 2.45) is 21.7 Å². The molecule has 0 spiro atoms. The minimum atomic E-state index is -0.281. The molecule has 0 aliphatic carbocycles. The minimum Gasteiger partial charge on any atom is -0.369 e. The van der Waals surface area contributed by atoms with Crippen LogP contribution in [0.1, 0.15) is 18.9 Å². The van der Waals surface area contributed by atoms with E-state index in [0.29, 0.717) is 12.1 Å². The van der Waals surface area contributed by atoms with Crippen molar-refractivity contribution in [3.05, 3.63) is 35.6 Å². The lowest BCUT2D eigenvalue weighted by Gasteiger charge is -2.01. The first-order chi connectivity index (χ1) is 7.13. The van der Waals surface area contributed by atoms with Crippen LogP contribution in [-0.2, 0) is 0 Å². The molecule has 80 valence electrons. The molecule has 4 N–H and O–H groups in total. The summed E-state index contributed by atoms with van der Waals surface area (Å²) in [7, 11) is 0. The second-order valence-electron chi connectivity index (χ2n) is 2.93. The van der Waals surface area contributed by atoms with Gasteiger partial charge in [0.25, 0.3) is 0 Å². The maximum absolute atomic E-state index is 12.7. The van der Waals surface area contributed by atoms with Gasteiger partial charge in [-0.05, 0) is 24.1 Å². The molecule has 0 unspecified atom stereocenters. The third-order valence-electron chi connectivity index (χ3n) is 1.80. The van der Waals surface area contributed by atoms with E-state index >= 15 is 0 Å². The van der Waals surface area contributed by atoms with Gasteiger partial charge in [0, 0.05) is 0 Å². The third kappa shape index (κ3) is 3.38. The number of guanidine groups is 1. The smallest absolute Gasteiger partial charge is 0.211 e. The molecule has 1 aromatic carbocycles. The predicted octanol–water partition coefficient (Wildman–Crippen LogP) is 1.21. The molecule has 0 fully saturated rings. The van der Waals surface area contributed by atoms with Crippen molar-refractivity contribution in [3.63, 3.8) is 0 Å². The normalized spacial score (nSPS) is 11.2. The fourth-order valence-corrected chi connectivity index (χ4v) is 1.09. The Balaban J connectivity index is 2.97. The van der Waals surface area contributed by atoms with Crippen molar-refractivity contribution in [1.29, 1.82) is 0 Å². The van der Waals surface area contributed by atoms with Crippen molar-refractivity contribution in [3.8, 4) is 0 Å². The average molecular weight is 208 g/mol. The highest BCUT2D eigenvalue weighted by Gasteiger charge is 2.00. The zero-order chi connectivity index (χ0) is 11.3. The van der Waals surface area contributed by atoms with Gasteiger partial charge in [-0.15, -0.1) is 5.10 Å². The second-order valence-corrected chi connectivity index (χ2v) is 2.93. The average Bonchev–Trinajstić information content (AvgIpc) is 2.21. The number of halogens is 1. The van der Waals surface area contributed by atoms with Gasteiger partial charge < -0.3 is 11.5 Å². The molecule has 0 radical (unpaired) electrons. The summed E-state index contributed by atoms with van der Waals surface area (Å²) >= 11 is 0. The van der Waals surface area contributed by atoms with Crippen molar-refractivity contribution in [1.82, 2.24) is 0 Å². The van der Waals surface area contributed by atoms with Crippen LogP contribution in [0.25, 0.3) is 0 Å². The van der Waals surface area contributed by atoms with Crippen LogP contribution in [0, 0.1) is 5.82 Å². The number of hydrogen-bond acceptors (Lipinski definition) is 2. The van der Waals surface area contributed by atoms with Crippen LogP contribution >= 0.6 is 0 Å². The SMILES string of the molecule is CC/C(=N\N=C(N)N)c1ccc(F)cc1. The monoisotopic (exact) mass is 208 g/mol. The Morgan fingerprint density at radius 2 is 1.80 bits per heavy atom. The van der Waals surface area contributed by atoms with E-state index in [2.05, 4.69) is 10.2 Å². The number of benzene rings is 1. The van der Waals surface area contributed by atoms with Gasteiger partial charge in [0.15, 0.2) is 0 Å². The molecule has 0 saturated heterocycles. The van der Waals surface area contributed by atoms with E-state index < -0.39 is 0 Å². The largest absolute Gasteiger partial charge is 0.369 e. The molecule has 0 heterocycles. The molecular formula is C10H13FN4. The molecule has 1 aromatic rings. The highest BCUT2D eigenvalue weighted by Crippen LogP contribution is 2.07. The molecular weight excluding hydrogens is 195 g/mol. The summed E-state index contributed by atoms with van der Waals surface area (Å²) in [6, 6.07) is 6.02. The Morgan fingerprint density at radius 3 is 2.27 bits per heavy atom. The summed E-state index contributed by atoms with van der Waals surface area (Å²) in [5, 5.41) is 7.43. The number of hydrogen-bond donors (Lipinski definition) is 2. The summed E-state index contributed by atoms with van der Waals surface area (Å²) in [6.07, 6.45) is 0.669. The van der Waals surface area contributed by atoms with Gasteiger partial charge in [0.2, 0.25) is 5.96 Å². The highest BCUT2D eigenvalue weighted by molar-refractivity contribution is 6.00. The van der Waals surface area contributed by atoms with Gasteiger partial charge in [-0.3, -0.25) is 0 Å². The molecule has 0 saturated carbocycles. The van der Waals surface area contributed by atoms with Gasteiger partial charge in [-0.25, -0.2) is 4.39 Å². The van der Waals surface area contributed by atoms with Gasteiger partial charge >= 0.3 is 0 Å². The molecule has 0 aliphatic rings. The fraction of sp³-hybridized carbons (Fsp3) is 0.200. The molecule has 5 heteroatoms. The zero-order valence-electron chi connectivity index (χ0n) is 8.44. The quantitative estimate of drug-likeness (QED) is 0.445. The van der Waals surface area contributed by atoms with Gasteiger partial charge in [-0.1, -0.05) is 19.1 Å². The molecule has 4 nitrogen and oxygen atoms in total. The fourth-order valence-electron chi connectivity index (χ4n) is 1.09. The summed E-state index contributed by atoms with van der Waals surface area (Å²) in [5.74, 6) is -0.376. The van der Waals surface area contributed by atoms with Gasteiger partial charge in [0.1, 0.15) is 5.82 Å². The lowest BCUT2D eigenvalue weighted by molar-refractivity contribution is 0.627. The van der Waals surface area contributed by atoms with Gasteiger partial charge in [-0.2, -0.15) is 5.10 Å². The molecule has 0 aliphatic heterocycles. The van der Waals surface area contributed by atoms with Crippen molar-refractivity contribution < 1.29 is 4.39 Å². The summed E-state index contributed by atoms with van der Waals surface area (Å²) < 4.78 is 12.7. The van der Waals surface area contributed by atoms with Crippen LogP contribution in [0.3, 0.4) is 0 Å². The van der Waals surface area contributed by atoms with Crippen molar-refractivity contribution in [2.75, 3.05) is 0 Å². The van der Waals surface area contributed by atoms with E-state index in [1.807, 2.05) is 6.92 Å². The van der Waals surface area contributed by atoms with Crippen molar-refractivity contribution in [2.45, 2.75) is 13.3 Å². The van der Waals surface area contributed by atoms with E-state index in [-0.39, 0.29) is 11.8 Å². The first kappa shape index (κ1) is 11.2. The van der Waals surface area contributed by atoms with Crippen molar-refractivity contribution >= 4 is 11.7 Å². The molecule has 0 atom stereocenters. The summed E-state index contributed by atoms with van der Waals surface area (Å²) in [5.41, 5.74) is 11.8. The van der Waals surface area contributed by atoms with Crippen LogP contribution < -0.4 is 11.5 Å². The Labute approximate surface area is 87.5 Å². The summed E-state index contributed by atoms with van der Waals surface area (Å²) in [4.78, 5) is 0. The third-order valence-corrected chi connectivity index (χ3v) is 1.80. The number of rotatable bonds is 3. The Hall–Kier alpha value is -1.91. The molecule has 0 amide bonds. The minimum absolute atomic E-state index is 0.0944. The Morgan fingerprint density at radius 1 is 1.20 bits per heavy atom. The molecule has 1 rings (SSSR count). The maximum Gasteiger partial charge on any atom is 0.211 e. The van der Waals surface area contributed by atoms with Crippen LogP contribution in [0.4, 0.5) is 4.39 Å². The first-order valence-corrected chi connectivity index (χ1v) is 4.55. The second kappa shape index (κ2) is 5.09. The number of nitrogens with zero attached hydrogens (tertiary/aromatic N) is 2. The zero-order valence-corrected chi connectivity index (χ0v) is 8.44. The number of nitrogens with two attached hydrogens (primary N) is 2. The van der Waals surface area contributed by atoms with E-state index in [0.717, 1.165) is 5.56 Å².